The third-order valence-electron chi connectivity index (χ3n) is 4.63. The predicted molar refractivity (Wildman–Crippen MR) is 110 cm³/mol. The summed E-state index contributed by atoms with van der Waals surface area (Å²) < 4.78 is 39.5. The minimum absolute atomic E-state index is 0. The van der Waals surface area contributed by atoms with E-state index in [4.69, 9.17) is 5.73 Å². The molecule has 1 aromatic carbocycles. The molecule has 0 aromatic heterocycles. The number of nitrogens with two attached hydrogens (primary N) is 1. The van der Waals surface area contributed by atoms with Gasteiger partial charge in [-0.15, -0.1) is 12.4 Å². The van der Waals surface area contributed by atoms with Crippen LogP contribution in [0.4, 0.5) is 23.7 Å². The van der Waals surface area contributed by atoms with E-state index in [9.17, 15) is 22.8 Å². The van der Waals surface area contributed by atoms with Crippen LogP contribution in [0.15, 0.2) is 23.1 Å². The van der Waals surface area contributed by atoms with E-state index < -0.39 is 22.9 Å². The van der Waals surface area contributed by atoms with Crippen molar-refractivity contribution in [3.05, 3.63) is 34.2 Å². The van der Waals surface area contributed by atoms with E-state index in [0.717, 1.165) is 31.5 Å². The zero-order valence-corrected chi connectivity index (χ0v) is 17.1. The number of thioether (sulfide) groups is 1. The second-order valence-corrected chi connectivity index (χ2v) is 7.67. The van der Waals surface area contributed by atoms with E-state index in [1.165, 1.54) is 12.1 Å². The lowest BCUT2D eigenvalue weighted by Gasteiger charge is -2.22. The lowest BCUT2D eigenvalue weighted by atomic mass is 10.1. The maximum atomic E-state index is 13.2. The van der Waals surface area contributed by atoms with Crippen LogP contribution in [0, 0.1) is 0 Å². The van der Waals surface area contributed by atoms with Gasteiger partial charge < -0.3 is 16.0 Å². The van der Waals surface area contributed by atoms with Crippen LogP contribution in [0.3, 0.4) is 0 Å². The normalized spacial score (nSPS) is 20.9. The van der Waals surface area contributed by atoms with Crippen LogP contribution in [0.1, 0.15) is 24.0 Å². The molecular formula is C18H22ClF3N4O2S. The van der Waals surface area contributed by atoms with Gasteiger partial charge >= 0.3 is 6.18 Å². The summed E-state index contributed by atoms with van der Waals surface area (Å²) >= 11 is 0.685. The minimum atomic E-state index is -4.50. The van der Waals surface area contributed by atoms with Crippen molar-refractivity contribution in [2.45, 2.75) is 25.1 Å². The number of hydrogen-bond acceptors (Lipinski definition) is 6. The molecule has 2 heterocycles. The second kappa shape index (κ2) is 9.84. The largest absolute Gasteiger partial charge is 0.416 e. The lowest BCUT2D eigenvalue weighted by Crippen LogP contribution is -2.34. The Hall–Kier alpha value is -1.75. The van der Waals surface area contributed by atoms with Gasteiger partial charge in [0.1, 0.15) is 0 Å². The number of benzene rings is 1. The fourth-order valence-corrected chi connectivity index (χ4v) is 3.92. The molecule has 0 unspecified atom stereocenters. The molecule has 6 nitrogen and oxygen atoms in total. The van der Waals surface area contributed by atoms with Crippen molar-refractivity contribution in [3.63, 3.8) is 0 Å². The van der Waals surface area contributed by atoms with Crippen LogP contribution in [0.25, 0.3) is 6.08 Å². The highest BCUT2D eigenvalue weighted by Gasteiger charge is 2.33. The number of hydrogen-bond donors (Lipinski definition) is 3. The maximum Gasteiger partial charge on any atom is 0.416 e. The number of imide groups is 1. The number of nitrogens with one attached hydrogen (secondary N) is 2. The van der Waals surface area contributed by atoms with Crippen molar-refractivity contribution in [3.8, 4) is 0 Å². The van der Waals surface area contributed by atoms with E-state index >= 15 is 0 Å². The Morgan fingerprint density at radius 1 is 1.34 bits per heavy atom. The Balaban J connectivity index is 0.00000300. The topological polar surface area (TPSA) is 87.5 Å². The fraction of sp³-hybridized carbons (Fsp3) is 0.444. The first kappa shape index (κ1) is 23.5. The fourth-order valence-electron chi connectivity index (χ4n) is 3.25. The Morgan fingerprint density at radius 3 is 2.72 bits per heavy atom. The van der Waals surface area contributed by atoms with Crippen LogP contribution >= 0.6 is 24.2 Å². The van der Waals surface area contributed by atoms with Crippen molar-refractivity contribution in [1.82, 2.24) is 10.6 Å². The van der Waals surface area contributed by atoms with Crippen LogP contribution in [0.5, 0.6) is 0 Å². The van der Waals surface area contributed by atoms with Crippen LogP contribution < -0.4 is 21.3 Å². The SMILES string of the molecule is Cl.NCCCN[C@H]1CCN(c2ccc(C(F)(F)F)cc2C=C2SC(=O)NC2=O)C1. The molecule has 0 spiro atoms. The summed E-state index contributed by atoms with van der Waals surface area (Å²) in [6.07, 6.45) is -1.43. The predicted octanol–water partition coefficient (Wildman–Crippen LogP) is 2.97. The molecule has 0 radical (unpaired) electrons. The molecule has 1 aromatic rings. The molecule has 2 saturated heterocycles. The van der Waals surface area contributed by atoms with E-state index in [-0.39, 0.29) is 28.9 Å². The highest BCUT2D eigenvalue weighted by atomic mass is 35.5. The number of nitrogens with zero attached hydrogens (tertiary/aromatic N) is 1. The highest BCUT2D eigenvalue weighted by molar-refractivity contribution is 8.18. The van der Waals surface area contributed by atoms with Gasteiger partial charge in [0.05, 0.1) is 10.5 Å². The molecule has 11 heteroatoms. The number of amides is 2. The Labute approximate surface area is 176 Å². The van der Waals surface area contributed by atoms with Gasteiger partial charge in [-0.05, 0) is 67.5 Å². The monoisotopic (exact) mass is 450 g/mol. The van der Waals surface area contributed by atoms with Gasteiger partial charge in [-0.1, -0.05) is 0 Å². The third-order valence-corrected chi connectivity index (χ3v) is 5.44. The zero-order valence-electron chi connectivity index (χ0n) is 15.4. The number of carbonyl (C=O) groups is 2. The Morgan fingerprint density at radius 2 is 2.10 bits per heavy atom. The van der Waals surface area contributed by atoms with Crippen LogP contribution in [0.2, 0.25) is 0 Å². The van der Waals surface area contributed by atoms with Gasteiger partial charge in [-0.25, -0.2) is 0 Å². The van der Waals surface area contributed by atoms with Gasteiger partial charge in [0.25, 0.3) is 11.1 Å². The van der Waals surface area contributed by atoms with Gasteiger partial charge in [-0.2, -0.15) is 13.2 Å². The molecule has 2 aliphatic heterocycles. The van der Waals surface area contributed by atoms with Gasteiger partial charge in [0.15, 0.2) is 0 Å². The molecule has 0 aliphatic carbocycles. The van der Waals surface area contributed by atoms with Gasteiger partial charge in [0.2, 0.25) is 0 Å². The van der Waals surface area contributed by atoms with Crippen LogP contribution in [-0.4, -0.2) is 43.4 Å². The molecule has 29 heavy (non-hydrogen) atoms. The van der Waals surface area contributed by atoms with Crippen molar-refractivity contribution in [2.75, 3.05) is 31.1 Å². The summed E-state index contributed by atoms with van der Waals surface area (Å²) in [5.41, 5.74) is 5.57. The molecule has 3 rings (SSSR count). The summed E-state index contributed by atoms with van der Waals surface area (Å²) in [4.78, 5) is 25.3. The first-order valence-electron chi connectivity index (χ1n) is 8.92. The molecule has 2 fully saturated rings. The van der Waals surface area contributed by atoms with Crippen molar-refractivity contribution in [2.24, 2.45) is 5.73 Å². The quantitative estimate of drug-likeness (QED) is 0.456. The smallest absolute Gasteiger partial charge is 0.369 e. The number of halogens is 4. The van der Waals surface area contributed by atoms with Gasteiger partial charge in [-0.3, -0.25) is 14.9 Å². The summed E-state index contributed by atoms with van der Waals surface area (Å²) in [7, 11) is 0. The molecule has 2 amide bonds. The zero-order chi connectivity index (χ0) is 20.3. The van der Waals surface area contributed by atoms with Crippen LogP contribution in [-0.2, 0) is 11.0 Å². The summed E-state index contributed by atoms with van der Waals surface area (Å²) in [6, 6.07) is 3.71. The number of rotatable bonds is 6. The first-order valence-corrected chi connectivity index (χ1v) is 9.74. The van der Waals surface area contributed by atoms with E-state index in [1.807, 2.05) is 4.90 Å². The summed E-state index contributed by atoms with van der Waals surface area (Å²) in [5, 5.41) is 4.98. The highest BCUT2D eigenvalue weighted by Crippen LogP contribution is 2.36. The maximum absolute atomic E-state index is 13.2. The number of anilines is 1. The average molecular weight is 451 g/mol. The van der Waals surface area contributed by atoms with Crippen molar-refractivity contribution in [1.29, 1.82) is 0 Å². The molecule has 160 valence electrons. The molecule has 4 N–H and O–H groups in total. The first-order chi connectivity index (χ1) is 13.3. The van der Waals surface area contributed by atoms with Gasteiger partial charge in [0, 0.05) is 24.8 Å². The van der Waals surface area contributed by atoms with E-state index in [0.29, 0.717) is 37.1 Å². The number of carbonyl (C=O) groups excluding carboxylic acids is 2. The van der Waals surface area contributed by atoms with Crippen molar-refractivity contribution < 1.29 is 22.8 Å². The molecular weight excluding hydrogens is 429 g/mol. The standard InChI is InChI=1S/C18H21F3N4O2S.ClH/c19-18(20,21)12-2-3-14(25-7-4-13(10-25)23-6-1-5-22)11(8-12)9-15-16(26)24-17(27)28-15;/h2-3,8-9,13,23H,1,4-7,10,22H2,(H,24,26,27);1H/t13-;/m0./s1. The minimum Gasteiger partial charge on any atom is -0.369 e. The summed E-state index contributed by atoms with van der Waals surface area (Å²) in [6.45, 7) is 2.71. The van der Waals surface area contributed by atoms with E-state index in [1.54, 1.807) is 0 Å². The molecule has 2 aliphatic rings. The molecule has 0 saturated carbocycles. The third kappa shape index (κ3) is 5.88. The van der Waals surface area contributed by atoms with Crippen molar-refractivity contribution >= 4 is 47.1 Å². The Bertz CT molecular complexity index is 804. The Kier molecular flexibility index (Phi) is 7.98. The summed E-state index contributed by atoms with van der Waals surface area (Å²) in [5.74, 6) is -0.596. The lowest BCUT2D eigenvalue weighted by molar-refractivity contribution is -0.137. The second-order valence-electron chi connectivity index (χ2n) is 6.65. The molecule has 1 atom stereocenters. The molecule has 0 bridgehead atoms. The van der Waals surface area contributed by atoms with E-state index in [2.05, 4.69) is 10.6 Å². The average Bonchev–Trinajstić information content (AvgIpc) is 3.21. The number of alkyl halides is 3.